The molecule has 0 saturated carbocycles. The van der Waals surface area contributed by atoms with Crippen molar-refractivity contribution in [1.82, 2.24) is 0 Å². The molecule has 1 aliphatic heterocycles. The quantitative estimate of drug-likeness (QED) is 0.857. The van der Waals surface area contributed by atoms with Crippen molar-refractivity contribution in [1.29, 1.82) is 0 Å². The SMILES string of the molecule is CN1C(=O)C(O)(CC(=O)c2cccc(Br)c2)c2ccccc21. The Morgan fingerprint density at radius 3 is 2.68 bits per heavy atom. The molecule has 1 atom stereocenters. The summed E-state index contributed by atoms with van der Waals surface area (Å²) in [5.74, 6) is -0.751. The minimum atomic E-state index is -1.80. The Morgan fingerprint density at radius 1 is 1.23 bits per heavy atom. The molecule has 2 aromatic carbocycles. The molecular weight excluding hydrogens is 346 g/mol. The van der Waals surface area contributed by atoms with Crippen LogP contribution in [0.5, 0.6) is 0 Å². The fourth-order valence-electron chi connectivity index (χ4n) is 2.79. The van der Waals surface area contributed by atoms with Gasteiger partial charge in [0.05, 0.1) is 12.1 Å². The van der Waals surface area contributed by atoms with E-state index in [0.717, 1.165) is 4.47 Å². The lowest BCUT2D eigenvalue weighted by molar-refractivity contribution is -0.135. The van der Waals surface area contributed by atoms with E-state index in [0.29, 0.717) is 16.8 Å². The van der Waals surface area contributed by atoms with Crippen LogP contribution in [-0.2, 0) is 10.4 Å². The zero-order chi connectivity index (χ0) is 15.9. The zero-order valence-corrected chi connectivity index (χ0v) is 13.5. The van der Waals surface area contributed by atoms with Crippen molar-refractivity contribution in [3.05, 3.63) is 64.1 Å². The number of amides is 1. The fraction of sp³-hybridized carbons (Fsp3) is 0.176. The van der Waals surface area contributed by atoms with E-state index in [1.165, 1.54) is 4.90 Å². The van der Waals surface area contributed by atoms with Gasteiger partial charge in [0.25, 0.3) is 5.91 Å². The highest BCUT2D eigenvalue weighted by Crippen LogP contribution is 2.41. The largest absolute Gasteiger partial charge is 0.375 e. The van der Waals surface area contributed by atoms with Crippen molar-refractivity contribution >= 4 is 33.3 Å². The normalized spacial score (nSPS) is 20.1. The van der Waals surface area contributed by atoms with Crippen molar-refractivity contribution in [3.63, 3.8) is 0 Å². The molecule has 1 aliphatic rings. The number of fused-ring (bicyclic) bond motifs is 1. The Bertz CT molecular complexity index is 774. The summed E-state index contributed by atoms with van der Waals surface area (Å²) >= 11 is 3.31. The third kappa shape index (κ3) is 2.26. The molecule has 22 heavy (non-hydrogen) atoms. The lowest BCUT2D eigenvalue weighted by atomic mass is 9.88. The average molecular weight is 360 g/mol. The number of carbonyl (C=O) groups is 2. The Balaban J connectivity index is 1.98. The first-order chi connectivity index (χ1) is 10.4. The molecule has 112 valence electrons. The summed E-state index contributed by atoms with van der Waals surface area (Å²) in [4.78, 5) is 26.3. The summed E-state index contributed by atoms with van der Waals surface area (Å²) in [6.07, 6.45) is -0.274. The van der Waals surface area contributed by atoms with E-state index < -0.39 is 11.5 Å². The Hall–Kier alpha value is -1.98. The summed E-state index contributed by atoms with van der Waals surface area (Å²) in [6.45, 7) is 0. The van der Waals surface area contributed by atoms with E-state index in [-0.39, 0.29) is 12.2 Å². The summed E-state index contributed by atoms with van der Waals surface area (Å²) in [5.41, 5.74) is -0.226. The second-order valence-corrected chi connectivity index (χ2v) is 6.27. The highest BCUT2D eigenvalue weighted by Gasteiger charge is 2.49. The Kier molecular flexibility index (Phi) is 3.62. The van der Waals surface area contributed by atoms with E-state index in [2.05, 4.69) is 15.9 Å². The maximum atomic E-state index is 12.5. The third-order valence-electron chi connectivity index (χ3n) is 3.93. The summed E-state index contributed by atoms with van der Waals surface area (Å²) in [5, 5.41) is 10.9. The minimum Gasteiger partial charge on any atom is -0.375 e. The maximum Gasteiger partial charge on any atom is 0.263 e. The first-order valence-corrected chi connectivity index (χ1v) is 7.61. The van der Waals surface area contributed by atoms with E-state index in [9.17, 15) is 14.7 Å². The number of para-hydroxylation sites is 1. The van der Waals surface area contributed by atoms with Crippen molar-refractivity contribution in [2.45, 2.75) is 12.0 Å². The molecule has 0 saturated heterocycles. The average Bonchev–Trinajstić information content (AvgIpc) is 2.70. The molecule has 0 fully saturated rings. The van der Waals surface area contributed by atoms with Crippen molar-refractivity contribution in [2.75, 3.05) is 11.9 Å². The van der Waals surface area contributed by atoms with Crippen LogP contribution < -0.4 is 4.90 Å². The molecule has 0 aromatic heterocycles. The molecule has 1 amide bonds. The van der Waals surface area contributed by atoms with Crippen molar-refractivity contribution in [3.8, 4) is 0 Å². The standard InChI is InChI=1S/C17H14BrNO3/c1-19-14-8-3-2-7-13(14)17(22,16(19)21)10-15(20)11-5-4-6-12(18)9-11/h2-9,22H,10H2,1H3. The van der Waals surface area contributed by atoms with Gasteiger partial charge in [-0.05, 0) is 18.2 Å². The number of likely N-dealkylation sites (N-methyl/N-ethyl adjacent to an activating group) is 1. The topological polar surface area (TPSA) is 57.6 Å². The van der Waals surface area contributed by atoms with Crippen LogP contribution in [0.15, 0.2) is 53.0 Å². The van der Waals surface area contributed by atoms with Crippen LogP contribution in [0.1, 0.15) is 22.3 Å². The molecule has 0 spiro atoms. The zero-order valence-electron chi connectivity index (χ0n) is 11.9. The highest BCUT2D eigenvalue weighted by atomic mass is 79.9. The number of carbonyl (C=O) groups excluding carboxylic acids is 2. The number of Topliss-reactive ketones (excluding diaryl/α,β-unsaturated/α-hetero) is 1. The molecule has 3 rings (SSSR count). The summed E-state index contributed by atoms with van der Waals surface area (Å²) < 4.78 is 0.778. The first kappa shape index (κ1) is 14.9. The lowest BCUT2D eigenvalue weighted by Gasteiger charge is -2.21. The lowest BCUT2D eigenvalue weighted by Crippen LogP contribution is -2.40. The summed E-state index contributed by atoms with van der Waals surface area (Å²) in [6, 6.07) is 13.9. The van der Waals surface area contributed by atoms with Gasteiger partial charge in [0.2, 0.25) is 0 Å². The number of rotatable bonds is 3. The molecule has 5 heteroatoms. The number of ketones is 1. The number of benzene rings is 2. The van der Waals surface area contributed by atoms with Crippen LogP contribution in [0.4, 0.5) is 5.69 Å². The smallest absolute Gasteiger partial charge is 0.263 e. The van der Waals surface area contributed by atoms with Crippen LogP contribution in [0.2, 0.25) is 0 Å². The van der Waals surface area contributed by atoms with Crippen LogP contribution in [0.3, 0.4) is 0 Å². The number of halogens is 1. The predicted octanol–water partition coefficient (Wildman–Crippen LogP) is 2.89. The first-order valence-electron chi connectivity index (χ1n) is 6.82. The van der Waals surface area contributed by atoms with Gasteiger partial charge in [-0.15, -0.1) is 0 Å². The van der Waals surface area contributed by atoms with E-state index in [1.807, 2.05) is 6.07 Å². The second-order valence-electron chi connectivity index (χ2n) is 5.35. The molecule has 4 nitrogen and oxygen atoms in total. The van der Waals surface area contributed by atoms with Crippen molar-refractivity contribution < 1.29 is 14.7 Å². The van der Waals surface area contributed by atoms with Crippen LogP contribution in [0, 0.1) is 0 Å². The number of hydrogen-bond acceptors (Lipinski definition) is 3. The molecular formula is C17H14BrNO3. The van der Waals surface area contributed by atoms with Crippen molar-refractivity contribution in [2.24, 2.45) is 0 Å². The number of aliphatic hydroxyl groups is 1. The molecule has 1 heterocycles. The molecule has 0 aliphatic carbocycles. The monoisotopic (exact) mass is 359 g/mol. The highest BCUT2D eigenvalue weighted by molar-refractivity contribution is 9.10. The van der Waals surface area contributed by atoms with E-state index in [1.54, 1.807) is 49.5 Å². The van der Waals surface area contributed by atoms with Gasteiger partial charge in [-0.1, -0.05) is 46.3 Å². The van der Waals surface area contributed by atoms with Gasteiger partial charge in [0.1, 0.15) is 0 Å². The van der Waals surface area contributed by atoms with E-state index >= 15 is 0 Å². The predicted molar refractivity (Wildman–Crippen MR) is 86.8 cm³/mol. The Labute approximate surface area is 136 Å². The number of anilines is 1. The van der Waals surface area contributed by atoms with E-state index in [4.69, 9.17) is 0 Å². The Morgan fingerprint density at radius 2 is 1.95 bits per heavy atom. The minimum absolute atomic E-state index is 0.274. The van der Waals surface area contributed by atoms with Crippen LogP contribution >= 0.6 is 15.9 Å². The van der Waals surface area contributed by atoms with Gasteiger partial charge >= 0.3 is 0 Å². The molecule has 1 unspecified atom stereocenters. The van der Waals surface area contributed by atoms with Crippen LogP contribution in [0.25, 0.3) is 0 Å². The van der Waals surface area contributed by atoms with Gasteiger partial charge < -0.3 is 10.0 Å². The van der Waals surface area contributed by atoms with Gasteiger partial charge in [0, 0.05) is 22.6 Å². The van der Waals surface area contributed by atoms with Gasteiger partial charge in [-0.3, -0.25) is 9.59 Å². The van der Waals surface area contributed by atoms with Crippen LogP contribution in [-0.4, -0.2) is 23.8 Å². The molecule has 1 N–H and O–H groups in total. The number of nitrogens with zero attached hydrogens (tertiary/aromatic N) is 1. The molecule has 0 bridgehead atoms. The second kappa shape index (κ2) is 5.34. The third-order valence-corrected chi connectivity index (χ3v) is 4.43. The van der Waals surface area contributed by atoms with Gasteiger partial charge in [0.15, 0.2) is 11.4 Å². The maximum absolute atomic E-state index is 12.5. The molecule has 0 radical (unpaired) electrons. The summed E-state index contributed by atoms with van der Waals surface area (Å²) in [7, 11) is 1.60. The van der Waals surface area contributed by atoms with Gasteiger partial charge in [-0.2, -0.15) is 0 Å². The number of hydrogen-bond donors (Lipinski definition) is 1. The molecule has 2 aromatic rings. The fourth-order valence-corrected chi connectivity index (χ4v) is 3.18. The van der Waals surface area contributed by atoms with Gasteiger partial charge in [-0.25, -0.2) is 0 Å².